The van der Waals surface area contributed by atoms with Crippen molar-refractivity contribution >= 4 is 39.6 Å². The molecule has 5 fully saturated rings. The van der Waals surface area contributed by atoms with Gasteiger partial charge in [0.05, 0.1) is 11.8 Å². The summed E-state index contributed by atoms with van der Waals surface area (Å²) < 4.78 is 27.0. The normalized spacial score (nSPS) is 28.8. The fourth-order valence-corrected chi connectivity index (χ4v) is 9.92. The van der Waals surface area contributed by atoms with Crippen molar-refractivity contribution in [2.24, 2.45) is 40.2 Å². The second-order valence-electron chi connectivity index (χ2n) is 16.7. The second kappa shape index (κ2) is 13.9. The molecule has 0 aromatic carbocycles. The topological polar surface area (TPSA) is 188 Å². The van der Waals surface area contributed by atoms with E-state index in [0.29, 0.717) is 25.9 Å². The predicted octanol–water partition coefficient (Wildman–Crippen LogP) is 1.90. The largest absolute Gasteiger partial charge is 0.363 e. The van der Waals surface area contributed by atoms with Crippen LogP contribution in [-0.4, -0.2) is 96.7 Å². The van der Waals surface area contributed by atoms with E-state index in [1.165, 1.54) is 4.31 Å². The van der Waals surface area contributed by atoms with E-state index in [4.69, 9.17) is 5.73 Å². The maximum absolute atomic E-state index is 14.5. The SMILES string of the molecule is CC(C)(C)[C@@H](CN1CCCCS1(=O)=O)NC(=O)N[C@H](C(=O)N1C[C@H]2[C@@H](C1C(=O)NC(CC1CC1)C(=O)C(N)=O)C2(C)C)C1CCCCC1. The molecule has 5 rings (SSSR count). The van der Waals surface area contributed by atoms with Crippen LogP contribution >= 0.6 is 0 Å². The van der Waals surface area contributed by atoms with Gasteiger partial charge in [-0.15, -0.1) is 0 Å². The molecule has 2 unspecified atom stereocenters. The molecule has 0 bridgehead atoms. The van der Waals surface area contributed by atoms with Gasteiger partial charge in [-0.05, 0) is 66.6 Å². The van der Waals surface area contributed by atoms with E-state index in [2.05, 4.69) is 29.8 Å². The van der Waals surface area contributed by atoms with Gasteiger partial charge in [0.1, 0.15) is 12.1 Å². The molecule has 5 aliphatic rings. The number of carbonyl (C=O) groups is 5. The molecule has 13 nitrogen and oxygen atoms in total. The van der Waals surface area contributed by atoms with Crippen LogP contribution in [0.2, 0.25) is 0 Å². The highest BCUT2D eigenvalue weighted by Crippen LogP contribution is 2.65. The number of hydrogen-bond acceptors (Lipinski definition) is 7. The molecule has 14 heteroatoms. The lowest BCUT2D eigenvalue weighted by Gasteiger charge is -2.39. The summed E-state index contributed by atoms with van der Waals surface area (Å²) in [5.74, 6) is -2.54. The molecule has 0 aromatic rings. The highest BCUT2D eigenvalue weighted by atomic mass is 32.2. The number of likely N-dealkylation sites (tertiary alicyclic amines) is 1. The molecule has 0 radical (unpaired) electrons. The van der Waals surface area contributed by atoms with Crippen LogP contribution in [-0.2, 0) is 29.2 Å². The van der Waals surface area contributed by atoms with E-state index in [-0.39, 0.29) is 47.3 Å². The zero-order valence-electron chi connectivity index (χ0n) is 29.3. The van der Waals surface area contributed by atoms with E-state index in [9.17, 15) is 32.4 Å². The van der Waals surface area contributed by atoms with Gasteiger partial charge in [-0.3, -0.25) is 19.2 Å². The van der Waals surface area contributed by atoms with E-state index >= 15 is 0 Å². The third-order valence-electron chi connectivity index (χ3n) is 11.8. The van der Waals surface area contributed by atoms with Crippen LogP contribution in [0.5, 0.6) is 0 Å². The minimum Gasteiger partial charge on any atom is -0.363 e. The van der Waals surface area contributed by atoms with Crippen LogP contribution in [0.25, 0.3) is 0 Å². The number of urea groups is 1. The molecule has 5 amide bonds. The molecule has 0 aromatic heterocycles. The quantitative estimate of drug-likeness (QED) is 0.225. The number of Topliss-reactive ketones (excluding diaryl/α,β-unsaturated/α-hetero) is 1. The Hall–Kier alpha value is -2.74. The number of fused-ring (bicyclic) bond motifs is 1. The molecular weight excluding hydrogens is 636 g/mol. The number of piperidine rings is 1. The number of amides is 5. The van der Waals surface area contributed by atoms with Gasteiger partial charge in [-0.1, -0.05) is 66.7 Å². The Morgan fingerprint density at radius 3 is 2.17 bits per heavy atom. The van der Waals surface area contributed by atoms with Crippen molar-refractivity contribution in [3.63, 3.8) is 0 Å². The van der Waals surface area contributed by atoms with Crippen LogP contribution in [0, 0.1) is 34.5 Å². The van der Waals surface area contributed by atoms with Gasteiger partial charge in [0, 0.05) is 25.7 Å². The molecule has 6 atom stereocenters. The Balaban J connectivity index is 1.35. The van der Waals surface area contributed by atoms with Crippen LogP contribution in [0.15, 0.2) is 0 Å². The summed E-state index contributed by atoms with van der Waals surface area (Å²) in [5.41, 5.74) is 4.67. The lowest BCUT2D eigenvalue weighted by atomic mass is 9.83. The number of nitrogens with one attached hydrogen (secondary N) is 3. The zero-order valence-corrected chi connectivity index (χ0v) is 30.1. The third-order valence-corrected chi connectivity index (χ3v) is 13.7. The number of nitrogens with two attached hydrogens (primary N) is 1. The smallest absolute Gasteiger partial charge is 0.315 e. The van der Waals surface area contributed by atoms with Crippen molar-refractivity contribution in [1.29, 1.82) is 0 Å². The number of hydrogen-bond donors (Lipinski definition) is 4. The summed E-state index contributed by atoms with van der Waals surface area (Å²) in [4.78, 5) is 68.4. The average molecular weight is 693 g/mol. The first-order chi connectivity index (χ1) is 22.4. The minimum absolute atomic E-state index is 0.0866. The Bertz CT molecular complexity index is 1380. The average Bonchev–Trinajstić information content (AvgIpc) is 3.86. The number of sulfonamides is 1. The van der Waals surface area contributed by atoms with Crippen molar-refractivity contribution in [2.75, 3.05) is 25.4 Å². The lowest BCUT2D eigenvalue weighted by Crippen LogP contribution is -2.62. The fraction of sp³-hybridized carbons (Fsp3) is 0.853. The lowest BCUT2D eigenvalue weighted by molar-refractivity contribution is -0.144. The van der Waals surface area contributed by atoms with Crippen LogP contribution < -0.4 is 21.7 Å². The second-order valence-corrected chi connectivity index (χ2v) is 18.7. The first-order valence-electron chi connectivity index (χ1n) is 17.9. The molecule has 3 saturated carbocycles. The summed E-state index contributed by atoms with van der Waals surface area (Å²) in [6.07, 6.45) is 7.98. The first kappa shape index (κ1) is 36.5. The summed E-state index contributed by atoms with van der Waals surface area (Å²) in [6.45, 7) is 10.9. The van der Waals surface area contributed by atoms with Crippen LogP contribution in [0.1, 0.15) is 98.8 Å². The zero-order chi connectivity index (χ0) is 35.2. The molecule has 5 N–H and O–H groups in total. The van der Waals surface area contributed by atoms with Gasteiger partial charge in [0.15, 0.2) is 0 Å². The number of ketones is 1. The Morgan fingerprint density at radius 2 is 1.58 bits per heavy atom. The number of rotatable bonds is 12. The molecule has 2 saturated heterocycles. The molecule has 0 spiro atoms. The van der Waals surface area contributed by atoms with E-state index in [0.717, 1.165) is 51.4 Å². The molecule has 3 aliphatic carbocycles. The van der Waals surface area contributed by atoms with Gasteiger partial charge >= 0.3 is 6.03 Å². The molecule has 48 heavy (non-hydrogen) atoms. The van der Waals surface area contributed by atoms with Crippen LogP contribution in [0.3, 0.4) is 0 Å². The summed E-state index contributed by atoms with van der Waals surface area (Å²) in [6, 6.07) is -3.82. The minimum atomic E-state index is -3.41. The van der Waals surface area contributed by atoms with E-state index in [1.54, 1.807) is 4.90 Å². The number of primary amides is 1. The van der Waals surface area contributed by atoms with Crippen LogP contribution in [0.4, 0.5) is 4.79 Å². The summed E-state index contributed by atoms with van der Waals surface area (Å²) in [5, 5.41) is 8.80. The predicted molar refractivity (Wildman–Crippen MR) is 180 cm³/mol. The maximum atomic E-state index is 14.5. The van der Waals surface area contributed by atoms with E-state index < -0.39 is 63.2 Å². The Kier molecular flexibility index (Phi) is 10.6. The van der Waals surface area contributed by atoms with Gasteiger partial charge in [-0.25, -0.2) is 13.2 Å². The Morgan fingerprint density at radius 1 is 0.917 bits per heavy atom. The van der Waals surface area contributed by atoms with Gasteiger partial charge in [-0.2, -0.15) is 4.31 Å². The summed E-state index contributed by atoms with van der Waals surface area (Å²) in [7, 11) is -3.41. The fourth-order valence-electron chi connectivity index (χ4n) is 8.31. The monoisotopic (exact) mass is 692 g/mol. The molecule has 2 heterocycles. The standard InChI is InChI=1S/C34H56N6O7S/c1-33(2,3)24(19-39-15-9-10-16-48(39,46)47)37-32(45)38-26(21-11-7-6-8-12-21)31(44)40-18-22-25(34(22,4)5)27(40)30(43)36-23(17-20-13-14-20)28(41)29(35)42/h20-27H,6-19H2,1-5H3,(H2,35,42)(H,36,43)(H2,37,38,45)/t22-,23?,24+,25-,26-,27?/m0/s1. The molecular formula is C34H56N6O7S. The van der Waals surface area contributed by atoms with Gasteiger partial charge < -0.3 is 26.6 Å². The third kappa shape index (κ3) is 8.00. The van der Waals surface area contributed by atoms with Crippen molar-refractivity contribution in [1.82, 2.24) is 25.2 Å². The first-order valence-corrected chi connectivity index (χ1v) is 19.5. The van der Waals surface area contributed by atoms with Crippen molar-refractivity contribution < 1.29 is 32.4 Å². The van der Waals surface area contributed by atoms with Gasteiger partial charge in [0.2, 0.25) is 27.6 Å². The highest BCUT2D eigenvalue weighted by Gasteiger charge is 2.69. The Labute approximate surface area is 285 Å². The summed E-state index contributed by atoms with van der Waals surface area (Å²) >= 11 is 0. The van der Waals surface area contributed by atoms with Crippen molar-refractivity contribution in [2.45, 2.75) is 123 Å². The molecule has 2 aliphatic heterocycles. The highest BCUT2D eigenvalue weighted by molar-refractivity contribution is 7.89. The maximum Gasteiger partial charge on any atom is 0.315 e. The molecule has 270 valence electrons. The van der Waals surface area contributed by atoms with Crippen molar-refractivity contribution in [3.05, 3.63) is 0 Å². The van der Waals surface area contributed by atoms with Crippen molar-refractivity contribution in [3.8, 4) is 0 Å². The van der Waals surface area contributed by atoms with E-state index in [1.807, 2.05) is 20.8 Å². The number of nitrogens with zero attached hydrogens (tertiary/aromatic N) is 2. The van der Waals surface area contributed by atoms with Gasteiger partial charge in [0.25, 0.3) is 5.91 Å². The number of carbonyl (C=O) groups excluding carboxylic acids is 5.